The van der Waals surface area contributed by atoms with Crippen LogP contribution in [0.25, 0.3) is 0 Å². The molecule has 0 aromatic heterocycles. The first-order chi connectivity index (χ1) is 5.88. The van der Waals surface area contributed by atoms with Crippen LogP contribution in [0.5, 0.6) is 5.75 Å². The highest BCUT2D eigenvalue weighted by atomic mass is 19.1. The second-order valence-electron chi connectivity index (χ2n) is 2.75. The molecule has 1 aromatic rings. The van der Waals surface area contributed by atoms with Crippen molar-refractivity contribution in [3.8, 4) is 5.75 Å². The molecule has 1 N–H and O–H groups in total. The number of ether oxygens (including phenoxy) is 1. The van der Waals surface area contributed by atoms with Gasteiger partial charge in [-0.2, -0.15) is 0 Å². The maximum atomic E-state index is 13.1. The highest BCUT2D eigenvalue weighted by Gasteiger charge is 2.11. The van der Waals surface area contributed by atoms with Gasteiger partial charge in [0.05, 0.1) is 0 Å². The van der Waals surface area contributed by atoms with Crippen molar-refractivity contribution in [1.82, 2.24) is 5.32 Å². The third kappa shape index (κ3) is 1.28. The lowest BCUT2D eigenvalue weighted by atomic mass is 10.2. The highest BCUT2D eigenvalue weighted by molar-refractivity contribution is 5.35. The fourth-order valence-corrected chi connectivity index (χ4v) is 1.30. The Bertz CT molecular complexity index is 288. The molecule has 1 heterocycles. The van der Waals surface area contributed by atoms with E-state index in [1.807, 2.05) is 6.07 Å². The Hall–Kier alpha value is -1.09. The summed E-state index contributed by atoms with van der Waals surface area (Å²) in [6, 6.07) is 4.99. The van der Waals surface area contributed by atoms with Gasteiger partial charge in [0, 0.05) is 18.7 Å². The molecule has 1 aliphatic heterocycles. The van der Waals surface area contributed by atoms with E-state index < -0.39 is 0 Å². The number of rotatable bonds is 0. The fraction of sp³-hybridized carbons (Fsp3) is 0.333. The molecular weight excluding hydrogens is 157 g/mol. The van der Waals surface area contributed by atoms with Crippen molar-refractivity contribution >= 4 is 0 Å². The maximum absolute atomic E-state index is 13.1. The Balaban J connectivity index is 2.42. The van der Waals surface area contributed by atoms with Crippen molar-refractivity contribution in [2.75, 3.05) is 13.2 Å². The second-order valence-corrected chi connectivity index (χ2v) is 2.75. The van der Waals surface area contributed by atoms with E-state index in [9.17, 15) is 4.39 Å². The normalized spacial score (nSPS) is 16.1. The third-order valence-corrected chi connectivity index (χ3v) is 1.89. The van der Waals surface area contributed by atoms with Gasteiger partial charge < -0.3 is 10.1 Å². The van der Waals surface area contributed by atoms with E-state index >= 15 is 0 Å². The Morgan fingerprint density at radius 1 is 1.42 bits per heavy atom. The van der Waals surface area contributed by atoms with Crippen LogP contribution in [0.1, 0.15) is 5.56 Å². The summed E-state index contributed by atoms with van der Waals surface area (Å²) in [7, 11) is 0. The Morgan fingerprint density at radius 3 is 3.25 bits per heavy atom. The van der Waals surface area contributed by atoms with E-state index in [2.05, 4.69) is 5.32 Å². The molecule has 0 radical (unpaired) electrons. The number of fused-ring (bicyclic) bond motifs is 1. The largest absolute Gasteiger partial charge is 0.489 e. The van der Waals surface area contributed by atoms with Gasteiger partial charge in [-0.1, -0.05) is 12.1 Å². The van der Waals surface area contributed by atoms with Crippen molar-refractivity contribution in [2.24, 2.45) is 0 Å². The van der Waals surface area contributed by atoms with Crippen LogP contribution in [-0.4, -0.2) is 13.2 Å². The Labute approximate surface area is 70.3 Å². The number of hydrogen-bond acceptors (Lipinski definition) is 2. The van der Waals surface area contributed by atoms with Crippen LogP contribution in [0, 0.1) is 5.82 Å². The van der Waals surface area contributed by atoms with Crippen LogP contribution in [0.3, 0.4) is 0 Å². The number of para-hydroxylation sites is 1. The predicted molar refractivity (Wildman–Crippen MR) is 43.6 cm³/mol. The van der Waals surface area contributed by atoms with E-state index in [1.54, 1.807) is 6.07 Å². The van der Waals surface area contributed by atoms with Gasteiger partial charge in [0.15, 0.2) is 11.6 Å². The minimum absolute atomic E-state index is 0.267. The van der Waals surface area contributed by atoms with Crippen molar-refractivity contribution in [2.45, 2.75) is 6.54 Å². The predicted octanol–water partition coefficient (Wildman–Crippen LogP) is 1.31. The molecule has 1 aromatic carbocycles. The van der Waals surface area contributed by atoms with Gasteiger partial charge in [-0.3, -0.25) is 0 Å². The summed E-state index contributed by atoms with van der Waals surface area (Å²) in [6.07, 6.45) is 0. The first-order valence-corrected chi connectivity index (χ1v) is 3.99. The second kappa shape index (κ2) is 3.11. The molecule has 0 saturated heterocycles. The number of nitrogens with one attached hydrogen (secondary N) is 1. The van der Waals surface area contributed by atoms with Crippen LogP contribution in [0.4, 0.5) is 4.39 Å². The number of benzene rings is 1. The summed E-state index contributed by atoms with van der Waals surface area (Å²) in [5, 5.41) is 3.14. The Kier molecular flexibility index (Phi) is 1.96. The summed E-state index contributed by atoms with van der Waals surface area (Å²) in [5.41, 5.74) is 0.896. The summed E-state index contributed by atoms with van der Waals surface area (Å²) in [5.74, 6) is 0.138. The molecule has 1 aliphatic rings. The highest BCUT2D eigenvalue weighted by Crippen LogP contribution is 2.23. The van der Waals surface area contributed by atoms with Crippen molar-refractivity contribution in [3.63, 3.8) is 0 Å². The first-order valence-electron chi connectivity index (χ1n) is 3.99. The van der Waals surface area contributed by atoms with Gasteiger partial charge in [-0.05, 0) is 6.07 Å². The summed E-state index contributed by atoms with van der Waals surface area (Å²) >= 11 is 0. The van der Waals surface area contributed by atoms with Crippen molar-refractivity contribution < 1.29 is 9.13 Å². The van der Waals surface area contributed by atoms with Crippen LogP contribution in [-0.2, 0) is 6.54 Å². The van der Waals surface area contributed by atoms with Gasteiger partial charge in [-0.15, -0.1) is 0 Å². The van der Waals surface area contributed by atoms with E-state index in [4.69, 9.17) is 4.74 Å². The summed E-state index contributed by atoms with van der Waals surface area (Å²) in [4.78, 5) is 0. The minimum Gasteiger partial charge on any atom is -0.489 e. The van der Waals surface area contributed by atoms with Gasteiger partial charge in [0.1, 0.15) is 6.61 Å². The van der Waals surface area contributed by atoms with Crippen LogP contribution >= 0.6 is 0 Å². The maximum Gasteiger partial charge on any atom is 0.165 e. The molecule has 12 heavy (non-hydrogen) atoms. The van der Waals surface area contributed by atoms with E-state index in [0.29, 0.717) is 18.9 Å². The molecule has 2 rings (SSSR count). The zero-order chi connectivity index (χ0) is 8.39. The van der Waals surface area contributed by atoms with Crippen LogP contribution in [0.2, 0.25) is 0 Å². The van der Waals surface area contributed by atoms with Gasteiger partial charge >= 0.3 is 0 Å². The smallest absolute Gasteiger partial charge is 0.165 e. The molecule has 64 valence electrons. The lowest BCUT2D eigenvalue weighted by Gasteiger charge is -2.05. The quantitative estimate of drug-likeness (QED) is 0.629. The fourth-order valence-electron chi connectivity index (χ4n) is 1.30. The van der Waals surface area contributed by atoms with Crippen molar-refractivity contribution in [1.29, 1.82) is 0 Å². The molecule has 0 aliphatic carbocycles. The topological polar surface area (TPSA) is 21.3 Å². The Morgan fingerprint density at radius 2 is 2.33 bits per heavy atom. The lowest BCUT2D eigenvalue weighted by Crippen LogP contribution is -2.16. The first kappa shape index (κ1) is 7.55. The summed E-state index contributed by atoms with van der Waals surface area (Å²) in [6.45, 7) is 2.00. The summed E-state index contributed by atoms with van der Waals surface area (Å²) < 4.78 is 18.3. The minimum atomic E-state index is -0.267. The van der Waals surface area contributed by atoms with Crippen LogP contribution < -0.4 is 10.1 Å². The molecule has 0 spiro atoms. The molecule has 0 fully saturated rings. The zero-order valence-corrected chi connectivity index (χ0v) is 6.64. The van der Waals surface area contributed by atoms with Gasteiger partial charge in [-0.25, -0.2) is 4.39 Å². The van der Waals surface area contributed by atoms with E-state index in [1.165, 1.54) is 6.07 Å². The molecular formula is C9H10FNO. The molecule has 3 heteroatoms. The molecule has 0 unspecified atom stereocenters. The average molecular weight is 167 g/mol. The molecule has 2 nitrogen and oxygen atoms in total. The standard InChI is InChI=1S/C9H10FNO/c10-8-3-1-2-7-6-11-4-5-12-9(7)8/h1-3,11H,4-6H2. The van der Waals surface area contributed by atoms with E-state index in [-0.39, 0.29) is 5.82 Å². The lowest BCUT2D eigenvalue weighted by molar-refractivity contribution is 0.309. The van der Waals surface area contributed by atoms with Gasteiger partial charge in [0.2, 0.25) is 0 Å². The molecule has 0 amide bonds. The monoisotopic (exact) mass is 167 g/mol. The SMILES string of the molecule is Fc1cccc2c1OCCNC2. The zero-order valence-electron chi connectivity index (χ0n) is 6.64. The van der Waals surface area contributed by atoms with Crippen molar-refractivity contribution in [3.05, 3.63) is 29.6 Å². The van der Waals surface area contributed by atoms with Crippen LogP contribution in [0.15, 0.2) is 18.2 Å². The molecule has 0 atom stereocenters. The molecule has 0 saturated carbocycles. The van der Waals surface area contributed by atoms with E-state index in [0.717, 1.165) is 12.1 Å². The third-order valence-electron chi connectivity index (χ3n) is 1.89. The average Bonchev–Trinajstić information content (AvgIpc) is 2.30. The molecule has 0 bridgehead atoms. The number of halogens is 1. The number of hydrogen-bond donors (Lipinski definition) is 1. The van der Waals surface area contributed by atoms with Gasteiger partial charge in [0.25, 0.3) is 0 Å².